The number of hydrogen-bond acceptors (Lipinski definition) is 5. The maximum atomic E-state index is 12.8. The van der Waals surface area contributed by atoms with Crippen molar-refractivity contribution in [1.82, 2.24) is 0 Å². The highest BCUT2D eigenvalue weighted by atomic mass is 31.2. The van der Waals surface area contributed by atoms with Gasteiger partial charge in [0, 0.05) is 13.2 Å². The second-order valence-corrected chi connectivity index (χ2v) is 5.52. The molecule has 1 atom stereocenters. The minimum atomic E-state index is -3.53. The van der Waals surface area contributed by atoms with Crippen LogP contribution in [0.2, 0.25) is 0 Å². The minimum absolute atomic E-state index is 0.251. The molecular weight excluding hydrogens is 267 g/mol. The van der Waals surface area contributed by atoms with Gasteiger partial charge in [0.15, 0.2) is 0 Å². The van der Waals surface area contributed by atoms with Crippen LogP contribution in [0.25, 0.3) is 0 Å². The monoisotopic (exact) mass is 288 g/mol. The standard InChI is InChI=1S/C13H21O5P/c1-4-15-13(16-5-2)19(14,17-6-3)18-12-10-8-7-9-11-12/h7-11,13H,4-6H2,1-3H3. The Morgan fingerprint density at radius 3 is 2.05 bits per heavy atom. The summed E-state index contributed by atoms with van der Waals surface area (Å²) in [6.07, 6.45) is 0. The normalized spacial score (nSPS) is 14.3. The van der Waals surface area contributed by atoms with Crippen LogP contribution in [-0.4, -0.2) is 25.9 Å². The lowest BCUT2D eigenvalue weighted by Gasteiger charge is -2.26. The van der Waals surface area contributed by atoms with Gasteiger partial charge in [0.25, 0.3) is 6.03 Å². The van der Waals surface area contributed by atoms with Crippen molar-refractivity contribution < 1.29 is 23.1 Å². The van der Waals surface area contributed by atoms with Gasteiger partial charge in [-0.1, -0.05) is 18.2 Å². The van der Waals surface area contributed by atoms with Crippen molar-refractivity contribution in [1.29, 1.82) is 0 Å². The van der Waals surface area contributed by atoms with Gasteiger partial charge in [0.1, 0.15) is 5.75 Å². The molecule has 0 amide bonds. The van der Waals surface area contributed by atoms with Crippen LogP contribution in [0.4, 0.5) is 0 Å². The van der Waals surface area contributed by atoms with E-state index >= 15 is 0 Å². The molecule has 0 bridgehead atoms. The fourth-order valence-electron chi connectivity index (χ4n) is 1.45. The molecule has 0 saturated heterocycles. The van der Waals surface area contributed by atoms with Crippen molar-refractivity contribution in [2.75, 3.05) is 19.8 Å². The molecule has 6 heteroatoms. The molecule has 0 fully saturated rings. The van der Waals surface area contributed by atoms with Gasteiger partial charge < -0.3 is 14.0 Å². The first-order valence-corrected chi connectivity index (χ1v) is 7.99. The zero-order valence-corrected chi connectivity index (χ0v) is 12.5. The predicted molar refractivity (Wildman–Crippen MR) is 73.3 cm³/mol. The van der Waals surface area contributed by atoms with Crippen molar-refractivity contribution >= 4 is 7.60 Å². The molecule has 1 unspecified atom stereocenters. The zero-order chi connectivity index (χ0) is 14.1. The molecule has 0 radical (unpaired) electrons. The van der Waals surface area contributed by atoms with Crippen LogP contribution in [0, 0.1) is 0 Å². The van der Waals surface area contributed by atoms with E-state index in [2.05, 4.69) is 0 Å². The van der Waals surface area contributed by atoms with Crippen LogP contribution in [-0.2, 0) is 18.6 Å². The third kappa shape index (κ3) is 4.96. The Morgan fingerprint density at radius 1 is 1.00 bits per heavy atom. The Balaban J connectivity index is 2.90. The third-order valence-electron chi connectivity index (χ3n) is 2.16. The highest BCUT2D eigenvalue weighted by Gasteiger charge is 2.39. The lowest BCUT2D eigenvalue weighted by Crippen LogP contribution is -2.22. The van der Waals surface area contributed by atoms with Gasteiger partial charge in [-0.25, -0.2) is 4.57 Å². The number of benzene rings is 1. The number of para-hydroxylation sites is 1. The van der Waals surface area contributed by atoms with Gasteiger partial charge in [-0.15, -0.1) is 0 Å². The quantitative estimate of drug-likeness (QED) is 0.513. The molecule has 108 valence electrons. The second-order valence-electron chi connectivity index (χ2n) is 3.58. The lowest BCUT2D eigenvalue weighted by atomic mass is 10.3. The van der Waals surface area contributed by atoms with Crippen LogP contribution in [0.5, 0.6) is 5.75 Å². The summed E-state index contributed by atoms with van der Waals surface area (Å²) in [4.78, 5) is 0. The van der Waals surface area contributed by atoms with E-state index in [0.717, 1.165) is 0 Å². The van der Waals surface area contributed by atoms with Crippen LogP contribution < -0.4 is 4.52 Å². The molecule has 0 aliphatic heterocycles. The van der Waals surface area contributed by atoms with E-state index < -0.39 is 13.6 Å². The van der Waals surface area contributed by atoms with Gasteiger partial charge in [-0.2, -0.15) is 0 Å². The van der Waals surface area contributed by atoms with Crippen molar-refractivity contribution in [3.05, 3.63) is 30.3 Å². The van der Waals surface area contributed by atoms with E-state index in [1.807, 2.05) is 6.07 Å². The summed E-state index contributed by atoms with van der Waals surface area (Å²) in [5.74, 6) is 0.462. The Kier molecular flexibility index (Phi) is 7.10. The summed E-state index contributed by atoms with van der Waals surface area (Å²) in [7, 11) is -3.53. The SMILES string of the molecule is CCOC(OCC)P(=O)(OCC)Oc1ccccc1. The first kappa shape index (κ1) is 16.2. The van der Waals surface area contributed by atoms with Crippen molar-refractivity contribution in [2.45, 2.75) is 26.8 Å². The molecule has 0 aromatic heterocycles. The van der Waals surface area contributed by atoms with E-state index in [9.17, 15) is 4.57 Å². The predicted octanol–water partition coefficient (Wildman–Crippen LogP) is 3.65. The smallest absolute Gasteiger partial charge is 0.421 e. The van der Waals surface area contributed by atoms with Crippen molar-refractivity contribution in [3.63, 3.8) is 0 Å². The molecule has 0 heterocycles. The highest BCUT2D eigenvalue weighted by molar-refractivity contribution is 7.54. The largest absolute Gasteiger partial charge is 0.435 e. The number of hydrogen-bond donors (Lipinski definition) is 0. The highest BCUT2D eigenvalue weighted by Crippen LogP contribution is 2.53. The second kappa shape index (κ2) is 8.33. The third-order valence-corrected chi connectivity index (χ3v) is 4.06. The summed E-state index contributed by atoms with van der Waals surface area (Å²) in [5, 5.41) is 0. The molecular formula is C13H21O5P. The molecule has 19 heavy (non-hydrogen) atoms. The lowest BCUT2D eigenvalue weighted by molar-refractivity contribution is -0.0948. The summed E-state index contributed by atoms with van der Waals surface area (Å²) in [6, 6.07) is 7.84. The fraction of sp³-hybridized carbons (Fsp3) is 0.538. The molecule has 0 N–H and O–H groups in total. The van der Waals surface area contributed by atoms with Crippen molar-refractivity contribution in [2.24, 2.45) is 0 Å². The van der Waals surface area contributed by atoms with Gasteiger partial charge in [-0.05, 0) is 32.9 Å². The molecule has 0 aliphatic rings. The summed E-state index contributed by atoms with van der Waals surface area (Å²) in [5.41, 5.74) is 0. The van der Waals surface area contributed by atoms with Gasteiger partial charge in [0.05, 0.1) is 6.61 Å². The van der Waals surface area contributed by atoms with E-state index in [1.54, 1.807) is 45.0 Å². The summed E-state index contributed by atoms with van der Waals surface area (Å²) in [6.45, 7) is 6.31. The fourth-order valence-corrected chi connectivity index (χ4v) is 3.15. The topological polar surface area (TPSA) is 54.0 Å². The maximum Gasteiger partial charge on any atom is 0.435 e. The first-order chi connectivity index (χ1) is 9.16. The van der Waals surface area contributed by atoms with E-state index in [4.69, 9.17) is 18.5 Å². The van der Waals surface area contributed by atoms with Crippen LogP contribution >= 0.6 is 7.60 Å². The molecule has 0 saturated carbocycles. The maximum absolute atomic E-state index is 12.8. The number of ether oxygens (including phenoxy) is 2. The Labute approximate surface area is 114 Å². The zero-order valence-electron chi connectivity index (χ0n) is 11.6. The average molecular weight is 288 g/mol. The van der Waals surface area contributed by atoms with Crippen LogP contribution in [0.15, 0.2) is 30.3 Å². The molecule has 1 aromatic rings. The van der Waals surface area contributed by atoms with E-state index in [0.29, 0.717) is 19.0 Å². The Hall–Kier alpha value is -0.870. The molecule has 1 rings (SSSR count). The molecule has 0 aliphatic carbocycles. The van der Waals surface area contributed by atoms with Crippen molar-refractivity contribution in [3.8, 4) is 5.75 Å². The molecule has 1 aromatic carbocycles. The first-order valence-electron chi connectivity index (χ1n) is 6.38. The Bertz CT molecular complexity index is 389. The van der Waals surface area contributed by atoms with Gasteiger partial charge >= 0.3 is 7.60 Å². The average Bonchev–Trinajstić information content (AvgIpc) is 2.40. The van der Waals surface area contributed by atoms with Crippen LogP contribution in [0.3, 0.4) is 0 Å². The molecule has 0 spiro atoms. The summed E-state index contributed by atoms with van der Waals surface area (Å²) >= 11 is 0. The Morgan fingerprint density at radius 2 is 1.58 bits per heavy atom. The number of rotatable bonds is 9. The van der Waals surface area contributed by atoms with Crippen LogP contribution in [0.1, 0.15) is 20.8 Å². The molecule has 5 nitrogen and oxygen atoms in total. The van der Waals surface area contributed by atoms with Gasteiger partial charge in [0.2, 0.25) is 0 Å². The van der Waals surface area contributed by atoms with E-state index in [-0.39, 0.29) is 6.61 Å². The van der Waals surface area contributed by atoms with Gasteiger partial charge in [-0.3, -0.25) is 4.52 Å². The summed E-state index contributed by atoms with van der Waals surface area (Å²) < 4.78 is 34.2. The van der Waals surface area contributed by atoms with E-state index in [1.165, 1.54) is 0 Å². The minimum Gasteiger partial charge on any atom is -0.421 e.